The van der Waals surface area contributed by atoms with Crippen LogP contribution in [0.5, 0.6) is 0 Å². The number of hydrogen-bond acceptors (Lipinski definition) is 4. The second-order valence-corrected chi connectivity index (χ2v) is 7.86. The standard InChI is InChI=1S/C21H22Cl2N4O3/c1-24-19(28)11-18-21(30)26(9-6-15-2-3-16(22)10-17(15)23)13-20(29)27(18)12-14-4-7-25-8-5-14/h2-5,7-8,10,18H,6,9,11-13H2,1H3,(H,24,28). The van der Waals surface area contributed by atoms with Crippen molar-refractivity contribution >= 4 is 40.9 Å². The van der Waals surface area contributed by atoms with Crippen LogP contribution in [0.2, 0.25) is 10.0 Å². The molecule has 1 atom stereocenters. The van der Waals surface area contributed by atoms with Crippen molar-refractivity contribution in [1.82, 2.24) is 20.1 Å². The lowest BCUT2D eigenvalue weighted by molar-refractivity contribution is -0.157. The fraction of sp³-hybridized carbons (Fsp3) is 0.333. The van der Waals surface area contributed by atoms with Gasteiger partial charge in [0, 0.05) is 42.6 Å². The summed E-state index contributed by atoms with van der Waals surface area (Å²) in [5, 5.41) is 3.58. The van der Waals surface area contributed by atoms with Crippen molar-refractivity contribution in [2.45, 2.75) is 25.4 Å². The van der Waals surface area contributed by atoms with Crippen LogP contribution < -0.4 is 5.32 Å². The Morgan fingerprint density at radius 1 is 1.20 bits per heavy atom. The number of pyridine rings is 1. The lowest BCUT2D eigenvalue weighted by atomic mass is 10.0. The summed E-state index contributed by atoms with van der Waals surface area (Å²) in [6.45, 7) is 0.518. The van der Waals surface area contributed by atoms with Crippen molar-refractivity contribution in [3.8, 4) is 0 Å². The molecule has 30 heavy (non-hydrogen) atoms. The smallest absolute Gasteiger partial charge is 0.246 e. The predicted molar refractivity (Wildman–Crippen MR) is 114 cm³/mol. The maximum absolute atomic E-state index is 13.2. The zero-order valence-electron chi connectivity index (χ0n) is 16.5. The zero-order chi connectivity index (χ0) is 21.7. The van der Waals surface area contributed by atoms with Crippen LogP contribution in [0, 0.1) is 0 Å². The van der Waals surface area contributed by atoms with E-state index in [9.17, 15) is 14.4 Å². The number of benzene rings is 1. The fourth-order valence-electron chi connectivity index (χ4n) is 3.38. The highest BCUT2D eigenvalue weighted by molar-refractivity contribution is 6.35. The lowest BCUT2D eigenvalue weighted by Gasteiger charge is -2.40. The van der Waals surface area contributed by atoms with Gasteiger partial charge >= 0.3 is 0 Å². The molecule has 1 saturated heterocycles. The van der Waals surface area contributed by atoms with E-state index in [0.29, 0.717) is 23.0 Å². The molecular formula is C21H22Cl2N4O3. The van der Waals surface area contributed by atoms with Gasteiger partial charge in [0.1, 0.15) is 6.04 Å². The molecule has 158 valence electrons. The molecular weight excluding hydrogens is 427 g/mol. The molecule has 2 aromatic rings. The minimum Gasteiger partial charge on any atom is -0.359 e. The Morgan fingerprint density at radius 3 is 2.60 bits per heavy atom. The Bertz CT molecular complexity index is 939. The van der Waals surface area contributed by atoms with Gasteiger partial charge in [-0.3, -0.25) is 19.4 Å². The molecule has 0 bridgehead atoms. The first-order chi connectivity index (χ1) is 14.4. The van der Waals surface area contributed by atoms with Crippen molar-refractivity contribution in [3.63, 3.8) is 0 Å². The number of rotatable bonds is 7. The number of hydrogen-bond donors (Lipinski definition) is 1. The van der Waals surface area contributed by atoms with E-state index in [-0.39, 0.29) is 37.2 Å². The Labute approximate surface area is 185 Å². The summed E-state index contributed by atoms with van der Waals surface area (Å²) in [6.07, 6.45) is 3.64. The average molecular weight is 449 g/mol. The van der Waals surface area contributed by atoms with E-state index in [1.54, 1.807) is 42.7 Å². The van der Waals surface area contributed by atoms with E-state index in [2.05, 4.69) is 10.3 Å². The summed E-state index contributed by atoms with van der Waals surface area (Å²) in [6, 6.07) is 7.88. The molecule has 1 N–H and O–H groups in total. The van der Waals surface area contributed by atoms with E-state index in [4.69, 9.17) is 23.2 Å². The predicted octanol–water partition coefficient (Wildman–Crippen LogP) is 2.31. The Morgan fingerprint density at radius 2 is 1.93 bits per heavy atom. The Kier molecular flexibility index (Phi) is 7.29. The third-order valence-corrected chi connectivity index (χ3v) is 5.63. The van der Waals surface area contributed by atoms with Gasteiger partial charge in [-0.1, -0.05) is 29.3 Å². The first kappa shape index (κ1) is 22.1. The highest BCUT2D eigenvalue weighted by Gasteiger charge is 2.40. The summed E-state index contributed by atoms with van der Waals surface area (Å²) in [7, 11) is 1.50. The number of carbonyl (C=O) groups excluding carboxylic acids is 3. The van der Waals surface area contributed by atoms with E-state index in [1.807, 2.05) is 0 Å². The van der Waals surface area contributed by atoms with Crippen molar-refractivity contribution in [3.05, 3.63) is 63.9 Å². The van der Waals surface area contributed by atoms with Crippen LogP contribution in [0.4, 0.5) is 0 Å². The van der Waals surface area contributed by atoms with Gasteiger partial charge in [0.15, 0.2) is 0 Å². The SMILES string of the molecule is CNC(=O)CC1C(=O)N(CCc2ccc(Cl)cc2Cl)CC(=O)N1Cc1ccncc1. The van der Waals surface area contributed by atoms with Crippen molar-refractivity contribution in [2.75, 3.05) is 20.1 Å². The molecule has 7 nitrogen and oxygen atoms in total. The van der Waals surface area contributed by atoms with Gasteiger partial charge in [-0.25, -0.2) is 0 Å². The second-order valence-electron chi connectivity index (χ2n) is 7.02. The second kappa shape index (κ2) is 9.91. The molecule has 3 rings (SSSR count). The molecule has 0 radical (unpaired) electrons. The normalized spacial score (nSPS) is 16.7. The molecule has 1 aromatic carbocycles. The summed E-state index contributed by atoms with van der Waals surface area (Å²) >= 11 is 12.2. The topological polar surface area (TPSA) is 82.6 Å². The van der Waals surface area contributed by atoms with Crippen LogP contribution in [0.25, 0.3) is 0 Å². The summed E-state index contributed by atoms with van der Waals surface area (Å²) < 4.78 is 0. The third kappa shape index (κ3) is 5.29. The number of nitrogens with zero attached hydrogens (tertiary/aromatic N) is 3. The summed E-state index contributed by atoms with van der Waals surface area (Å²) in [5.74, 6) is -0.761. The number of nitrogens with one attached hydrogen (secondary N) is 1. The van der Waals surface area contributed by atoms with Crippen LogP contribution in [0.3, 0.4) is 0 Å². The van der Waals surface area contributed by atoms with E-state index < -0.39 is 6.04 Å². The van der Waals surface area contributed by atoms with Crippen molar-refractivity contribution in [1.29, 1.82) is 0 Å². The zero-order valence-corrected chi connectivity index (χ0v) is 18.0. The quantitative estimate of drug-likeness (QED) is 0.704. The molecule has 0 spiro atoms. The van der Waals surface area contributed by atoms with E-state index >= 15 is 0 Å². The molecule has 1 aliphatic rings. The number of carbonyl (C=O) groups is 3. The maximum Gasteiger partial charge on any atom is 0.246 e. The van der Waals surface area contributed by atoms with Crippen LogP contribution in [0.1, 0.15) is 17.5 Å². The number of piperazine rings is 1. The fourth-order valence-corrected chi connectivity index (χ4v) is 3.88. The van der Waals surface area contributed by atoms with Crippen LogP contribution in [-0.4, -0.2) is 58.7 Å². The minimum absolute atomic E-state index is 0.0423. The third-order valence-electron chi connectivity index (χ3n) is 5.05. The molecule has 1 fully saturated rings. The van der Waals surface area contributed by atoms with Crippen LogP contribution in [0.15, 0.2) is 42.7 Å². The number of halogens is 2. The highest BCUT2D eigenvalue weighted by Crippen LogP contribution is 2.23. The van der Waals surface area contributed by atoms with Gasteiger partial charge < -0.3 is 15.1 Å². The molecule has 9 heteroatoms. The molecule has 1 unspecified atom stereocenters. The number of amides is 3. The Hall–Kier alpha value is -2.64. The maximum atomic E-state index is 13.2. The molecule has 3 amide bonds. The molecule has 1 aliphatic heterocycles. The Balaban J connectivity index is 1.76. The highest BCUT2D eigenvalue weighted by atomic mass is 35.5. The average Bonchev–Trinajstić information content (AvgIpc) is 2.73. The van der Waals surface area contributed by atoms with Crippen molar-refractivity contribution in [2.24, 2.45) is 0 Å². The summed E-state index contributed by atoms with van der Waals surface area (Å²) in [5.41, 5.74) is 1.68. The monoisotopic (exact) mass is 448 g/mol. The lowest BCUT2D eigenvalue weighted by Crippen LogP contribution is -2.60. The van der Waals surface area contributed by atoms with Gasteiger partial charge in [-0.15, -0.1) is 0 Å². The van der Waals surface area contributed by atoms with E-state index in [0.717, 1.165) is 11.1 Å². The molecule has 2 heterocycles. The van der Waals surface area contributed by atoms with Gasteiger partial charge in [0.05, 0.1) is 13.0 Å². The first-order valence-corrected chi connectivity index (χ1v) is 10.3. The molecule has 0 aliphatic carbocycles. The van der Waals surface area contributed by atoms with Crippen molar-refractivity contribution < 1.29 is 14.4 Å². The van der Waals surface area contributed by atoms with E-state index in [1.165, 1.54) is 16.8 Å². The minimum atomic E-state index is -0.861. The van der Waals surface area contributed by atoms with Gasteiger partial charge in [0.25, 0.3) is 0 Å². The van der Waals surface area contributed by atoms with Gasteiger partial charge in [0.2, 0.25) is 17.7 Å². The van der Waals surface area contributed by atoms with Crippen LogP contribution in [-0.2, 0) is 27.3 Å². The van der Waals surface area contributed by atoms with Gasteiger partial charge in [-0.2, -0.15) is 0 Å². The first-order valence-electron chi connectivity index (χ1n) is 9.50. The summed E-state index contributed by atoms with van der Waals surface area (Å²) in [4.78, 5) is 45.0. The molecule has 1 aromatic heterocycles. The number of aromatic nitrogens is 1. The largest absolute Gasteiger partial charge is 0.359 e. The van der Waals surface area contributed by atoms with Gasteiger partial charge in [-0.05, 0) is 41.8 Å². The van der Waals surface area contributed by atoms with Crippen LogP contribution >= 0.6 is 23.2 Å². The molecule has 0 saturated carbocycles.